The zero-order valence-electron chi connectivity index (χ0n) is 11.3. The second kappa shape index (κ2) is 7.29. The molecule has 1 saturated carbocycles. The van der Waals surface area contributed by atoms with Crippen LogP contribution in [-0.4, -0.2) is 33.6 Å². The number of hydrogen-bond acceptors (Lipinski definition) is 2. The van der Waals surface area contributed by atoms with E-state index in [0.717, 1.165) is 18.4 Å². The molecule has 0 N–H and O–H groups in total. The van der Waals surface area contributed by atoms with Crippen LogP contribution in [0.4, 0.5) is 0 Å². The number of hydrogen-bond donors (Lipinski definition) is 0. The normalized spacial score (nSPS) is 17.5. The summed E-state index contributed by atoms with van der Waals surface area (Å²) in [6.45, 7) is 2.09. The van der Waals surface area contributed by atoms with Crippen molar-refractivity contribution in [3.8, 4) is 0 Å². The molecule has 1 fully saturated rings. The third kappa shape index (κ3) is 4.09. The van der Waals surface area contributed by atoms with E-state index in [1.54, 1.807) is 0 Å². The molecule has 3 nitrogen and oxygen atoms in total. The van der Waals surface area contributed by atoms with Gasteiger partial charge in [-0.2, -0.15) is 5.10 Å². The van der Waals surface area contributed by atoms with Crippen molar-refractivity contribution in [2.75, 3.05) is 18.9 Å². The number of rotatable bonds is 6. The Morgan fingerprint density at radius 2 is 2.17 bits per heavy atom. The second-order valence-corrected chi connectivity index (χ2v) is 6.15. The summed E-state index contributed by atoms with van der Waals surface area (Å²) >= 11 is 3.47. The lowest BCUT2D eigenvalue weighted by Crippen LogP contribution is -2.20. The van der Waals surface area contributed by atoms with Crippen molar-refractivity contribution in [2.45, 2.75) is 51.1 Å². The Labute approximate surface area is 119 Å². The molecule has 0 saturated heterocycles. The number of halogens is 1. The summed E-state index contributed by atoms with van der Waals surface area (Å²) < 4.78 is 2.20. The van der Waals surface area contributed by atoms with Crippen LogP contribution in [0.1, 0.15) is 50.3 Å². The molecule has 2 rings (SSSR count). The Balaban J connectivity index is 1.85. The van der Waals surface area contributed by atoms with E-state index in [0.29, 0.717) is 6.04 Å². The van der Waals surface area contributed by atoms with E-state index in [2.05, 4.69) is 44.8 Å². The van der Waals surface area contributed by atoms with Gasteiger partial charge in [-0.25, -0.2) is 0 Å². The molecule has 4 heteroatoms. The zero-order valence-corrected chi connectivity index (χ0v) is 12.9. The van der Waals surface area contributed by atoms with Gasteiger partial charge >= 0.3 is 0 Å². The first-order valence-corrected chi connectivity index (χ1v) is 8.20. The second-order valence-electron chi connectivity index (χ2n) is 5.36. The van der Waals surface area contributed by atoms with Crippen LogP contribution < -0.4 is 0 Å². The van der Waals surface area contributed by atoms with Crippen molar-refractivity contribution in [3.05, 3.63) is 18.0 Å². The highest BCUT2D eigenvalue weighted by molar-refractivity contribution is 9.09. The maximum absolute atomic E-state index is 4.75. The van der Waals surface area contributed by atoms with Gasteiger partial charge in [0.25, 0.3) is 0 Å². The van der Waals surface area contributed by atoms with E-state index < -0.39 is 0 Å². The monoisotopic (exact) mass is 313 g/mol. The average molecular weight is 314 g/mol. The lowest BCUT2D eigenvalue weighted by molar-refractivity contribution is 0.309. The standard InChI is InChI=1S/C14H24BrN3/c1-17(10-5-9-15)12-13-8-11-18(16-13)14-6-3-2-4-7-14/h8,11,14H,2-7,9-10,12H2,1H3. The van der Waals surface area contributed by atoms with Crippen molar-refractivity contribution in [1.82, 2.24) is 14.7 Å². The highest BCUT2D eigenvalue weighted by Gasteiger charge is 2.16. The quantitative estimate of drug-likeness (QED) is 0.748. The van der Waals surface area contributed by atoms with Crippen LogP contribution in [0.25, 0.3) is 0 Å². The third-order valence-corrected chi connectivity index (χ3v) is 4.28. The Morgan fingerprint density at radius 3 is 2.89 bits per heavy atom. The van der Waals surface area contributed by atoms with E-state index in [9.17, 15) is 0 Å². The third-order valence-electron chi connectivity index (χ3n) is 3.72. The van der Waals surface area contributed by atoms with Crippen molar-refractivity contribution >= 4 is 15.9 Å². The molecule has 0 unspecified atom stereocenters. The lowest BCUT2D eigenvalue weighted by Gasteiger charge is -2.22. The van der Waals surface area contributed by atoms with E-state index >= 15 is 0 Å². The first-order valence-electron chi connectivity index (χ1n) is 7.08. The highest BCUT2D eigenvalue weighted by Crippen LogP contribution is 2.27. The molecule has 0 aliphatic heterocycles. The molecule has 0 amide bonds. The first-order chi connectivity index (χ1) is 8.79. The van der Waals surface area contributed by atoms with Gasteiger partial charge in [0.15, 0.2) is 0 Å². The lowest BCUT2D eigenvalue weighted by atomic mass is 9.96. The highest BCUT2D eigenvalue weighted by atomic mass is 79.9. The fourth-order valence-corrected chi connectivity index (χ4v) is 2.95. The Morgan fingerprint density at radius 1 is 1.39 bits per heavy atom. The van der Waals surface area contributed by atoms with Gasteiger partial charge in [-0.3, -0.25) is 4.68 Å². The van der Waals surface area contributed by atoms with Crippen molar-refractivity contribution < 1.29 is 0 Å². The molecule has 0 aromatic carbocycles. The van der Waals surface area contributed by atoms with E-state index in [1.807, 2.05) is 0 Å². The van der Waals surface area contributed by atoms with E-state index in [4.69, 9.17) is 5.10 Å². The maximum Gasteiger partial charge on any atom is 0.0764 e. The van der Waals surface area contributed by atoms with Gasteiger partial charge in [-0.05, 0) is 38.9 Å². The SMILES string of the molecule is CN(CCCBr)Cc1ccn(C2CCCCC2)n1. The van der Waals surface area contributed by atoms with E-state index in [-0.39, 0.29) is 0 Å². The summed E-state index contributed by atoms with van der Waals surface area (Å²) in [6, 6.07) is 2.83. The van der Waals surface area contributed by atoms with Crippen LogP contribution in [0.5, 0.6) is 0 Å². The van der Waals surface area contributed by atoms with Crippen LogP contribution in [0.3, 0.4) is 0 Å². The molecular weight excluding hydrogens is 290 g/mol. The Bertz CT molecular complexity index is 345. The van der Waals surface area contributed by atoms with Crippen molar-refractivity contribution in [3.63, 3.8) is 0 Å². The molecule has 1 aromatic heterocycles. The maximum atomic E-state index is 4.75. The van der Waals surface area contributed by atoms with Gasteiger partial charge in [0.2, 0.25) is 0 Å². The number of alkyl halides is 1. The molecule has 1 aromatic rings. The molecule has 0 spiro atoms. The summed E-state index contributed by atoms with van der Waals surface area (Å²) in [5.74, 6) is 0. The van der Waals surface area contributed by atoms with Crippen molar-refractivity contribution in [1.29, 1.82) is 0 Å². The van der Waals surface area contributed by atoms with Crippen LogP contribution in [-0.2, 0) is 6.54 Å². The van der Waals surface area contributed by atoms with Crippen LogP contribution in [0.15, 0.2) is 12.3 Å². The predicted molar refractivity (Wildman–Crippen MR) is 79.1 cm³/mol. The van der Waals surface area contributed by atoms with Crippen LogP contribution in [0, 0.1) is 0 Å². The molecule has 0 atom stereocenters. The van der Waals surface area contributed by atoms with Crippen LogP contribution in [0.2, 0.25) is 0 Å². The molecule has 18 heavy (non-hydrogen) atoms. The fraction of sp³-hybridized carbons (Fsp3) is 0.786. The minimum absolute atomic E-state index is 0.653. The average Bonchev–Trinajstić information content (AvgIpc) is 2.86. The summed E-state index contributed by atoms with van der Waals surface area (Å²) in [5, 5.41) is 5.82. The summed E-state index contributed by atoms with van der Waals surface area (Å²) in [4.78, 5) is 2.34. The topological polar surface area (TPSA) is 21.1 Å². The molecule has 1 aliphatic carbocycles. The zero-order chi connectivity index (χ0) is 12.8. The molecule has 0 bridgehead atoms. The van der Waals surface area contributed by atoms with Gasteiger partial charge in [0.05, 0.1) is 11.7 Å². The summed E-state index contributed by atoms with van der Waals surface area (Å²) in [5.41, 5.74) is 1.21. The minimum atomic E-state index is 0.653. The summed E-state index contributed by atoms with van der Waals surface area (Å²) in [6.07, 6.45) is 10.1. The fourth-order valence-electron chi connectivity index (χ4n) is 2.70. The minimum Gasteiger partial charge on any atom is -0.300 e. The summed E-state index contributed by atoms with van der Waals surface area (Å²) in [7, 11) is 2.17. The van der Waals surface area contributed by atoms with Gasteiger partial charge in [0.1, 0.15) is 0 Å². The van der Waals surface area contributed by atoms with Gasteiger partial charge < -0.3 is 4.90 Å². The first kappa shape index (κ1) is 14.1. The molecule has 1 heterocycles. The van der Waals surface area contributed by atoms with Crippen LogP contribution >= 0.6 is 15.9 Å². The predicted octanol–water partition coefficient (Wildman–Crippen LogP) is 3.61. The Hall–Kier alpha value is -0.350. The molecular formula is C14H24BrN3. The van der Waals surface area contributed by atoms with Gasteiger partial charge in [0, 0.05) is 18.1 Å². The smallest absolute Gasteiger partial charge is 0.0764 e. The van der Waals surface area contributed by atoms with Gasteiger partial charge in [-0.1, -0.05) is 35.2 Å². The molecule has 102 valence electrons. The molecule has 1 aliphatic rings. The van der Waals surface area contributed by atoms with Gasteiger partial charge in [-0.15, -0.1) is 0 Å². The molecule has 0 radical (unpaired) electrons. The Kier molecular flexibility index (Phi) is 5.70. The number of aromatic nitrogens is 2. The van der Waals surface area contributed by atoms with E-state index in [1.165, 1.54) is 44.2 Å². The largest absolute Gasteiger partial charge is 0.300 e. The number of nitrogens with zero attached hydrogens (tertiary/aromatic N) is 3. The van der Waals surface area contributed by atoms with Crippen molar-refractivity contribution in [2.24, 2.45) is 0 Å².